The highest BCUT2D eigenvalue weighted by Crippen LogP contribution is 2.42. The Balaban J connectivity index is 1.70. The van der Waals surface area contributed by atoms with E-state index in [0.717, 1.165) is 35.5 Å². The molecule has 0 bridgehead atoms. The van der Waals surface area contributed by atoms with Crippen molar-refractivity contribution in [1.29, 1.82) is 0 Å². The fraction of sp³-hybridized carbons (Fsp3) is 0.423. The number of ketones is 1. The maximum Gasteiger partial charge on any atom is 0.161 e. The van der Waals surface area contributed by atoms with Gasteiger partial charge in [0.05, 0.1) is 18.6 Å². The first kappa shape index (κ1) is 20.3. The second-order valence-corrected chi connectivity index (χ2v) is 8.31. The van der Waals surface area contributed by atoms with Gasteiger partial charge in [-0.3, -0.25) is 4.79 Å². The fourth-order valence-corrected chi connectivity index (χ4v) is 4.43. The molecule has 2 fully saturated rings. The lowest BCUT2D eigenvalue weighted by Gasteiger charge is -2.33. The molecule has 1 N–H and O–H groups in total. The van der Waals surface area contributed by atoms with Crippen LogP contribution in [0.3, 0.4) is 0 Å². The van der Waals surface area contributed by atoms with E-state index in [1.807, 2.05) is 18.2 Å². The van der Waals surface area contributed by atoms with Crippen molar-refractivity contribution in [3.05, 3.63) is 53.6 Å². The molecule has 0 aliphatic heterocycles. The maximum atomic E-state index is 12.0. The molecule has 0 amide bonds. The van der Waals surface area contributed by atoms with Crippen molar-refractivity contribution in [3.63, 3.8) is 0 Å². The second kappa shape index (κ2) is 8.83. The van der Waals surface area contributed by atoms with E-state index >= 15 is 0 Å². The van der Waals surface area contributed by atoms with Gasteiger partial charge in [-0.25, -0.2) is 0 Å². The molecule has 0 radical (unpaired) electrons. The highest BCUT2D eigenvalue weighted by molar-refractivity contribution is 5.80. The molecule has 4 heteroatoms. The Bertz CT molecular complexity index is 949. The number of phenols is 1. The molecule has 0 heterocycles. The summed E-state index contributed by atoms with van der Waals surface area (Å²) in [5.41, 5.74) is 1.53. The van der Waals surface area contributed by atoms with Crippen molar-refractivity contribution in [2.75, 3.05) is 7.11 Å². The first-order valence-corrected chi connectivity index (χ1v) is 10.8. The normalized spacial score (nSPS) is 18.5. The van der Waals surface area contributed by atoms with Gasteiger partial charge >= 0.3 is 0 Å². The molecule has 2 aromatic carbocycles. The summed E-state index contributed by atoms with van der Waals surface area (Å²) in [4.78, 5) is 12.0. The van der Waals surface area contributed by atoms with E-state index in [-0.39, 0.29) is 11.9 Å². The number of hydrogen-bond acceptors (Lipinski definition) is 4. The van der Waals surface area contributed by atoms with Gasteiger partial charge in [0.1, 0.15) is 11.5 Å². The minimum Gasteiger partial charge on any atom is -0.508 e. The summed E-state index contributed by atoms with van der Waals surface area (Å²) < 4.78 is 11.9. The number of Topliss-reactive ketones (excluding diaryl/α,β-unsaturated/α-hetero) is 1. The first-order valence-electron chi connectivity index (χ1n) is 10.8. The standard InChI is InChI=1S/C26H28O4/c1-29-24-11-8-20(18-25(24)30-23-4-2-3-5-23)26(16-13-22(28)14-17-26)15-12-19-6-9-21(27)10-7-19/h6-11,18,23,27H,2-5,13-14,16-17H2,1H3. The van der Waals surface area contributed by atoms with Gasteiger partial charge in [-0.2, -0.15) is 0 Å². The number of aromatic hydroxyl groups is 1. The van der Waals surface area contributed by atoms with Crippen LogP contribution in [0.1, 0.15) is 62.5 Å². The SMILES string of the molecule is COc1ccc(C2(C#Cc3ccc(O)cc3)CCC(=O)CC2)cc1OC1CCCC1. The highest BCUT2D eigenvalue weighted by atomic mass is 16.5. The van der Waals surface area contributed by atoms with Gasteiger partial charge in [0.25, 0.3) is 0 Å². The van der Waals surface area contributed by atoms with Crippen LogP contribution in [0.4, 0.5) is 0 Å². The molecular weight excluding hydrogens is 376 g/mol. The fourth-order valence-electron chi connectivity index (χ4n) is 4.43. The third kappa shape index (κ3) is 4.46. The lowest BCUT2D eigenvalue weighted by molar-refractivity contribution is -0.120. The van der Waals surface area contributed by atoms with Crippen LogP contribution in [0.15, 0.2) is 42.5 Å². The molecule has 0 saturated heterocycles. The minimum absolute atomic E-state index is 0.224. The van der Waals surface area contributed by atoms with Gasteiger partial charge < -0.3 is 14.6 Å². The summed E-state index contributed by atoms with van der Waals surface area (Å²) in [5, 5.41) is 9.52. The van der Waals surface area contributed by atoms with Gasteiger partial charge in [0, 0.05) is 18.4 Å². The van der Waals surface area contributed by atoms with Gasteiger partial charge in [-0.1, -0.05) is 17.9 Å². The van der Waals surface area contributed by atoms with Crippen LogP contribution in [-0.2, 0) is 10.2 Å². The van der Waals surface area contributed by atoms with Gasteiger partial charge in [0.15, 0.2) is 11.5 Å². The Labute approximate surface area is 178 Å². The van der Waals surface area contributed by atoms with Crippen molar-refractivity contribution < 1.29 is 19.4 Å². The average Bonchev–Trinajstić information content (AvgIpc) is 3.28. The summed E-state index contributed by atoms with van der Waals surface area (Å²) in [5.74, 6) is 8.79. The zero-order valence-electron chi connectivity index (χ0n) is 17.4. The number of rotatable bonds is 4. The predicted octanol–water partition coefficient (Wildman–Crippen LogP) is 5.15. The molecular formula is C26H28O4. The van der Waals surface area contributed by atoms with Crippen molar-refractivity contribution in [3.8, 4) is 29.1 Å². The molecule has 4 nitrogen and oxygen atoms in total. The summed E-state index contributed by atoms with van der Waals surface area (Å²) in [6.07, 6.45) is 7.28. The highest BCUT2D eigenvalue weighted by Gasteiger charge is 2.36. The molecule has 0 atom stereocenters. The van der Waals surface area contributed by atoms with Crippen LogP contribution >= 0.6 is 0 Å². The zero-order valence-corrected chi connectivity index (χ0v) is 17.4. The minimum atomic E-state index is -0.397. The summed E-state index contributed by atoms with van der Waals surface area (Å²) in [6, 6.07) is 13.0. The molecule has 2 aromatic rings. The number of benzene rings is 2. The largest absolute Gasteiger partial charge is 0.508 e. The van der Waals surface area contributed by atoms with Crippen LogP contribution in [0.5, 0.6) is 17.2 Å². The van der Waals surface area contributed by atoms with Crippen LogP contribution in [0, 0.1) is 11.8 Å². The van der Waals surface area contributed by atoms with E-state index in [4.69, 9.17) is 9.47 Å². The van der Waals surface area contributed by atoms with E-state index in [1.54, 1.807) is 19.2 Å². The first-order chi connectivity index (χ1) is 14.6. The Kier molecular flexibility index (Phi) is 5.99. The number of ether oxygens (including phenoxy) is 2. The quantitative estimate of drug-likeness (QED) is 0.716. The van der Waals surface area contributed by atoms with Crippen LogP contribution in [0.2, 0.25) is 0 Å². The van der Waals surface area contributed by atoms with Gasteiger partial charge in [-0.15, -0.1) is 0 Å². The van der Waals surface area contributed by atoms with E-state index < -0.39 is 5.41 Å². The molecule has 156 valence electrons. The number of carbonyl (C=O) groups excluding carboxylic acids is 1. The van der Waals surface area contributed by atoms with Crippen molar-refractivity contribution in [2.45, 2.75) is 62.9 Å². The monoisotopic (exact) mass is 404 g/mol. The van der Waals surface area contributed by atoms with Crippen molar-refractivity contribution in [1.82, 2.24) is 0 Å². The lowest BCUT2D eigenvalue weighted by atomic mass is 9.69. The lowest BCUT2D eigenvalue weighted by Crippen LogP contribution is -2.30. The zero-order chi connectivity index (χ0) is 21.0. The Morgan fingerprint density at radius 2 is 1.70 bits per heavy atom. The molecule has 30 heavy (non-hydrogen) atoms. The van der Waals surface area contributed by atoms with Gasteiger partial charge in [-0.05, 0) is 80.5 Å². The van der Waals surface area contributed by atoms with Gasteiger partial charge in [0.2, 0.25) is 0 Å². The Morgan fingerprint density at radius 1 is 1.00 bits per heavy atom. The van der Waals surface area contributed by atoms with Crippen molar-refractivity contribution in [2.24, 2.45) is 0 Å². The summed E-state index contributed by atoms with van der Waals surface area (Å²) >= 11 is 0. The Morgan fingerprint density at radius 3 is 2.37 bits per heavy atom. The molecule has 2 aliphatic carbocycles. The van der Waals surface area contributed by atoms with Crippen molar-refractivity contribution >= 4 is 5.78 Å². The number of methoxy groups -OCH3 is 1. The molecule has 4 rings (SSSR count). The van der Waals surface area contributed by atoms with Crippen LogP contribution < -0.4 is 9.47 Å². The molecule has 0 aromatic heterocycles. The second-order valence-electron chi connectivity index (χ2n) is 8.31. The molecule has 2 aliphatic rings. The molecule has 2 saturated carbocycles. The smallest absolute Gasteiger partial charge is 0.161 e. The number of hydrogen-bond donors (Lipinski definition) is 1. The summed E-state index contributed by atoms with van der Waals surface area (Å²) in [6.45, 7) is 0. The van der Waals surface area contributed by atoms with Crippen LogP contribution in [0.25, 0.3) is 0 Å². The molecule has 0 spiro atoms. The third-order valence-electron chi connectivity index (χ3n) is 6.29. The van der Waals surface area contributed by atoms with E-state index in [9.17, 15) is 9.90 Å². The number of phenolic OH excluding ortho intramolecular Hbond substituents is 1. The Hall–Kier alpha value is -2.93. The predicted molar refractivity (Wildman–Crippen MR) is 116 cm³/mol. The number of carbonyl (C=O) groups is 1. The topological polar surface area (TPSA) is 55.8 Å². The molecule has 0 unspecified atom stereocenters. The van der Waals surface area contributed by atoms with E-state index in [2.05, 4.69) is 24.0 Å². The third-order valence-corrected chi connectivity index (χ3v) is 6.29. The average molecular weight is 405 g/mol. The van der Waals surface area contributed by atoms with E-state index in [1.165, 1.54) is 12.8 Å². The maximum absolute atomic E-state index is 12.0. The van der Waals surface area contributed by atoms with E-state index in [0.29, 0.717) is 31.5 Å². The summed E-state index contributed by atoms with van der Waals surface area (Å²) in [7, 11) is 1.66. The van der Waals surface area contributed by atoms with Crippen LogP contribution in [-0.4, -0.2) is 24.1 Å².